The fourth-order valence-electron chi connectivity index (χ4n) is 1.06. The minimum absolute atomic E-state index is 0.178. The summed E-state index contributed by atoms with van der Waals surface area (Å²) in [5, 5.41) is 2.84. The van der Waals surface area contributed by atoms with E-state index in [0.29, 0.717) is 5.56 Å². The van der Waals surface area contributed by atoms with Gasteiger partial charge in [-0.15, -0.1) is 11.3 Å². The lowest BCUT2D eigenvalue weighted by atomic mass is 10.3. The molecule has 0 aliphatic carbocycles. The van der Waals surface area contributed by atoms with Gasteiger partial charge in [0.2, 0.25) is 5.95 Å². The van der Waals surface area contributed by atoms with Crippen LogP contribution in [0.1, 0.15) is 10.4 Å². The zero-order valence-corrected chi connectivity index (χ0v) is 12.8. The van der Waals surface area contributed by atoms with Gasteiger partial charge in [-0.05, 0) is 44.0 Å². The number of amides is 1. The van der Waals surface area contributed by atoms with E-state index in [0.717, 1.165) is 7.57 Å². The zero-order valence-electron chi connectivity index (χ0n) is 8.08. The van der Waals surface area contributed by atoms with Gasteiger partial charge in [0, 0.05) is 6.20 Å². The van der Waals surface area contributed by atoms with Crippen molar-refractivity contribution < 1.29 is 4.79 Å². The van der Waals surface area contributed by atoms with Crippen molar-refractivity contribution in [3.8, 4) is 0 Å². The topological polar surface area (TPSA) is 54.9 Å². The van der Waals surface area contributed by atoms with Gasteiger partial charge in [-0.1, -0.05) is 11.6 Å². The fraction of sp³-hybridized carbons (Fsp3) is 0. The summed E-state index contributed by atoms with van der Waals surface area (Å²) in [6.07, 6.45) is 1.48. The number of hydrogen-bond acceptors (Lipinski definition) is 4. The van der Waals surface area contributed by atoms with Crippen LogP contribution in [0.3, 0.4) is 0 Å². The lowest BCUT2D eigenvalue weighted by molar-refractivity contribution is 0.102. The molecule has 0 bridgehead atoms. The van der Waals surface area contributed by atoms with E-state index in [1.165, 1.54) is 23.6 Å². The second kappa shape index (κ2) is 5.43. The summed E-state index contributed by atoms with van der Waals surface area (Å²) in [7, 11) is 0. The van der Waals surface area contributed by atoms with Gasteiger partial charge in [0.1, 0.15) is 5.15 Å². The number of hydrogen-bond donors (Lipinski definition) is 1. The van der Waals surface area contributed by atoms with E-state index in [1.807, 2.05) is 0 Å². The Morgan fingerprint density at radius 1 is 1.47 bits per heavy atom. The summed E-state index contributed by atoms with van der Waals surface area (Å²) in [5.74, 6) is -0.113. The number of nitrogens with one attached hydrogen (secondary N) is 1. The largest absolute Gasteiger partial charge is 0.290 e. The number of thiophene rings is 1. The standard InChI is InChI=1S/C9H4Br2ClN3OS/c10-5-3-4(7(11)17-5)8(16)15-9-13-2-1-6(12)14-9/h1-3H,(H,13,14,15,16). The highest BCUT2D eigenvalue weighted by molar-refractivity contribution is 9.12. The van der Waals surface area contributed by atoms with Gasteiger partial charge >= 0.3 is 0 Å². The Labute approximate surface area is 123 Å². The third kappa shape index (κ3) is 3.25. The Balaban J connectivity index is 2.20. The molecular weight excluding hydrogens is 393 g/mol. The molecule has 8 heteroatoms. The molecule has 4 nitrogen and oxygen atoms in total. The second-order valence-electron chi connectivity index (χ2n) is 2.89. The number of aromatic nitrogens is 2. The Hall–Kier alpha value is -0.500. The van der Waals surface area contributed by atoms with Crippen molar-refractivity contribution in [3.05, 3.63) is 36.6 Å². The molecule has 0 aliphatic heterocycles. The van der Waals surface area contributed by atoms with Crippen LogP contribution >= 0.6 is 54.8 Å². The maximum atomic E-state index is 11.9. The minimum atomic E-state index is -0.291. The Morgan fingerprint density at radius 2 is 2.24 bits per heavy atom. The molecule has 0 aliphatic rings. The van der Waals surface area contributed by atoms with Crippen LogP contribution in [0.2, 0.25) is 5.15 Å². The number of rotatable bonds is 2. The summed E-state index contributed by atoms with van der Waals surface area (Å²) < 4.78 is 1.60. The molecule has 2 rings (SSSR count). The van der Waals surface area contributed by atoms with Crippen LogP contribution in [0.5, 0.6) is 0 Å². The number of halogens is 3. The number of anilines is 1. The van der Waals surface area contributed by atoms with E-state index in [1.54, 1.807) is 6.07 Å². The Bertz CT molecular complexity index is 575. The SMILES string of the molecule is O=C(Nc1nccc(Cl)n1)c1cc(Br)sc1Br. The smallest absolute Gasteiger partial charge is 0.260 e. The van der Waals surface area contributed by atoms with E-state index < -0.39 is 0 Å². The highest BCUT2D eigenvalue weighted by Crippen LogP contribution is 2.32. The highest BCUT2D eigenvalue weighted by Gasteiger charge is 2.14. The van der Waals surface area contributed by atoms with E-state index in [2.05, 4.69) is 47.1 Å². The van der Waals surface area contributed by atoms with Crippen molar-refractivity contribution >= 4 is 66.7 Å². The van der Waals surface area contributed by atoms with Gasteiger partial charge in [-0.25, -0.2) is 9.97 Å². The van der Waals surface area contributed by atoms with E-state index in [4.69, 9.17) is 11.6 Å². The first-order valence-corrected chi connectivity index (χ1v) is 7.09. The molecule has 0 saturated carbocycles. The molecule has 1 amide bonds. The van der Waals surface area contributed by atoms with Crippen molar-refractivity contribution in [3.63, 3.8) is 0 Å². The molecule has 0 fully saturated rings. The molecule has 0 aromatic carbocycles. The molecule has 2 aromatic rings. The molecule has 17 heavy (non-hydrogen) atoms. The number of carbonyl (C=O) groups excluding carboxylic acids is 1. The Kier molecular flexibility index (Phi) is 4.13. The van der Waals surface area contributed by atoms with Gasteiger partial charge < -0.3 is 0 Å². The molecule has 2 aromatic heterocycles. The Morgan fingerprint density at radius 3 is 2.82 bits per heavy atom. The van der Waals surface area contributed by atoms with Crippen molar-refractivity contribution in [2.45, 2.75) is 0 Å². The van der Waals surface area contributed by atoms with E-state index in [9.17, 15) is 4.79 Å². The lowest BCUT2D eigenvalue weighted by Crippen LogP contribution is -2.13. The first kappa shape index (κ1) is 12.9. The molecule has 0 saturated heterocycles. The average Bonchev–Trinajstić information content (AvgIpc) is 2.58. The van der Waals surface area contributed by atoms with Crippen LogP contribution in [-0.2, 0) is 0 Å². The predicted molar refractivity (Wildman–Crippen MR) is 74.7 cm³/mol. The third-order valence-electron chi connectivity index (χ3n) is 1.75. The van der Waals surface area contributed by atoms with Crippen LogP contribution < -0.4 is 5.32 Å². The molecule has 0 spiro atoms. The molecule has 88 valence electrons. The second-order valence-corrected chi connectivity index (χ2v) is 7.03. The van der Waals surface area contributed by atoms with Crippen LogP contribution in [0.4, 0.5) is 5.95 Å². The molecule has 0 unspecified atom stereocenters. The predicted octanol–water partition coefficient (Wildman–Crippen LogP) is 3.97. The van der Waals surface area contributed by atoms with Crippen molar-refractivity contribution in [1.29, 1.82) is 0 Å². The summed E-state index contributed by atoms with van der Waals surface area (Å²) in [6.45, 7) is 0. The van der Waals surface area contributed by atoms with Gasteiger partial charge in [-0.3, -0.25) is 10.1 Å². The lowest BCUT2D eigenvalue weighted by Gasteiger charge is -2.02. The molecule has 0 radical (unpaired) electrons. The first-order chi connectivity index (χ1) is 8.06. The maximum Gasteiger partial charge on any atom is 0.260 e. The summed E-state index contributed by atoms with van der Waals surface area (Å²) in [6, 6.07) is 3.25. The third-order valence-corrected chi connectivity index (χ3v) is 4.30. The van der Waals surface area contributed by atoms with Crippen LogP contribution in [0.15, 0.2) is 25.9 Å². The highest BCUT2D eigenvalue weighted by atomic mass is 79.9. The van der Waals surface area contributed by atoms with E-state index >= 15 is 0 Å². The minimum Gasteiger partial charge on any atom is -0.290 e. The van der Waals surface area contributed by atoms with Crippen LogP contribution in [0.25, 0.3) is 0 Å². The number of nitrogens with zero attached hydrogens (tertiary/aromatic N) is 2. The summed E-state index contributed by atoms with van der Waals surface area (Å²) in [4.78, 5) is 19.6. The maximum absolute atomic E-state index is 11.9. The molecule has 0 atom stereocenters. The van der Waals surface area contributed by atoms with Gasteiger partial charge in [0.25, 0.3) is 5.91 Å². The van der Waals surface area contributed by atoms with Crippen molar-refractivity contribution in [2.75, 3.05) is 5.32 Å². The van der Waals surface area contributed by atoms with Gasteiger partial charge in [0.15, 0.2) is 0 Å². The number of carbonyl (C=O) groups is 1. The first-order valence-electron chi connectivity index (χ1n) is 4.31. The molecule has 1 N–H and O–H groups in total. The average molecular weight is 397 g/mol. The fourth-order valence-corrected chi connectivity index (χ4v) is 3.99. The zero-order chi connectivity index (χ0) is 12.4. The monoisotopic (exact) mass is 395 g/mol. The van der Waals surface area contributed by atoms with Crippen LogP contribution in [-0.4, -0.2) is 15.9 Å². The van der Waals surface area contributed by atoms with E-state index in [-0.39, 0.29) is 17.0 Å². The summed E-state index contributed by atoms with van der Waals surface area (Å²) in [5.41, 5.74) is 0.519. The van der Waals surface area contributed by atoms with Gasteiger partial charge in [-0.2, -0.15) is 0 Å². The summed E-state index contributed by atoms with van der Waals surface area (Å²) >= 11 is 13.7. The van der Waals surface area contributed by atoms with Crippen molar-refractivity contribution in [2.24, 2.45) is 0 Å². The molecular formula is C9H4Br2ClN3OS. The van der Waals surface area contributed by atoms with Gasteiger partial charge in [0.05, 0.1) is 13.1 Å². The quantitative estimate of drug-likeness (QED) is 0.781. The normalized spacial score (nSPS) is 10.3. The molecule has 2 heterocycles. The van der Waals surface area contributed by atoms with Crippen LogP contribution in [0, 0.1) is 0 Å². The van der Waals surface area contributed by atoms with Crippen molar-refractivity contribution in [1.82, 2.24) is 9.97 Å².